The summed E-state index contributed by atoms with van der Waals surface area (Å²) in [7, 11) is 0. The fraction of sp³-hybridized carbons (Fsp3) is 0.930. The number of ether oxygens (including phenoxy) is 4. The van der Waals surface area contributed by atoms with Gasteiger partial charge in [0, 0.05) is 6.42 Å². The molecule has 0 spiro atoms. The zero-order valence-electron chi connectivity index (χ0n) is 42.4. The molecule has 442 valence electrons. The van der Waals surface area contributed by atoms with E-state index in [-0.39, 0.29) is 117 Å². The summed E-state index contributed by atoms with van der Waals surface area (Å²) < 4.78 is 143. The van der Waals surface area contributed by atoms with Gasteiger partial charge < -0.3 is 18.9 Å². The Morgan fingerprint density at radius 2 is 0.811 bits per heavy atom. The third-order valence-corrected chi connectivity index (χ3v) is 16.5. The molecule has 17 heteroatoms. The molecule has 0 radical (unpaired) electrons. The maximum absolute atomic E-state index is 14.4. The number of alkyl halides is 9. The van der Waals surface area contributed by atoms with Gasteiger partial charge in [0.2, 0.25) is 0 Å². The van der Waals surface area contributed by atoms with Gasteiger partial charge in [-0.1, -0.05) is 79.2 Å². The molecule has 2 unspecified atom stereocenters. The fourth-order valence-corrected chi connectivity index (χ4v) is 11.8. The summed E-state index contributed by atoms with van der Waals surface area (Å²) in [5, 5.41) is 0. The highest BCUT2D eigenvalue weighted by Crippen LogP contribution is 2.62. The Kier molecular flexibility index (Phi) is 27.8. The molecule has 0 aliphatic heterocycles. The molecule has 8 aliphatic carbocycles. The predicted octanol–water partition coefficient (Wildman–Crippen LogP) is 18.1. The van der Waals surface area contributed by atoms with Crippen LogP contribution in [0.1, 0.15) is 237 Å². The van der Waals surface area contributed by atoms with E-state index in [0.29, 0.717) is 6.42 Å². The lowest BCUT2D eigenvalue weighted by molar-refractivity contribution is -0.378. The Hall–Kier alpha value is -2.75. The standard InChI is InChI=1S/C26H38F6O4.C16H26O2.C9H15F3O2.6CH4/c1-6-22(4,5)20(33)35-19(7-15(2)3)14-24(25(27,28)29,26(30,31)32)36-21(34)23-11-16-8-17(12-23)10-18(9-16)13-23;1-4-15(2,3)14(17)18-16-8-11-5-12(9-16)7-13(6-11)10-16;1-5-8(3,4)7(13)14-6(2)9(10,11)12;;;;;;/h15-19H,6-14H2,1-5H3;11-13H,4-10H2,1-3H3;6H,5H2,1-4H3;6*1H4. The van der Waals surface area contributed by atoms with Crippen LogP contribution in [0.4, 0.5) is 39.5 Å². The van der Waals surface area contributed by atoms with Crippen LogP contribution in [-0.4, -0.2) is 65.8 Å². The molecule has 74 heavy (non-hydrogen) atoms. The molecule has 8 fully saturated rings. The van der Waals surface area contributed by atoms with Gasteiger partial charge in [0.15, 0.2) is 6.10 Å². The number of carbonyl (C=O) groups is 4. The van der Waals surface area contributed by atoms with E-state index in [4.69, 9.17) is 9.47 Å². The predicted molar refractivity (Wildman–Crippen MR) is 277 cm³/mol. The summed E-state index contributed by atoms with van der Waals surface area (Å²) in [6.45, 7) is 19.6. The minimum absolute atomic E-state index is 0. The van der Waals surface area contributed by atoms with Crippen molar-refractivity contribution in [2.45, 2.75) is 279 Å². The lowest BCUT2D eigenvalue weighted by atomic mass is 9.49. The Bertz CT molecular complexity index is 1680. The van der Waals surface area contributed by atoms with Crippen molar-refractivity contribution < 1.29 is 77.6 Å². The highest BCUT2D eigenvalue weighted by Gasteiger charge is 2.76. The van der Waals surface area contributed by atoms with Crippen molar-refractivity contribution in [1.29, 1.82) is 0 Å². The average molecular weight is 1090 g/mol. The monoisotopic (exact) mass is 1090 g/mol. The first-order valence-corrected chi connectivity index (χ1v) is 25.0. The van der Waals surface area contributed by atoms with Crippen LogP contribution in [0.25, 0.3) is 0 Å². The highest BCUT2D eigenvalue weighted by atomic mass is 19.4. The van der Waals surface area contributed by atoms with Crippen molar-refractivity contribution >= 4 is 23.9 Å². The molecule has 8 bridgehead atoms. The van der Waals surface area contributed by atoms with Crippen molar-refractivity contribution in [2.24, 2.45) is 63.1 Å². The van der Waals surface area contributed by atoms with E-state index in [0.717, 1.165) is 69.6 Å². The molecule has 0 saturated heterocycles. The van der Waals surface area contributed by atoms with E-state index >= 15 is 0 Å². The molecule has 0 heterocycles. The summed E-state index contributed by atoms with van der Waals surface area (Å²) in [6, 6.07) is 0. The van der Waals surface area contributed by atoms with E-state index < -0.39 is 76.9 Å². The maximum atomic E-state index is 14.4. The first-order valence-electron chi connectivity index (χ1n) is 25.0. The van der Waals surface area contributed by atoms with Crippen LogP contribution < -0.4 is 0 Å². The minimum Gasteiger partial charge on any atom is -0.462 e. The van der Waals surface area contributed by atoms with Gasteiger partial charge in [-0.05, 0) is 193 Å². The molecule has 0 aromatic carbocycles. The van der Waals surface area contributed by atoms with Crippen LogP contribution in [0.15, 0.2) is 0 Å². The van der Waals surface area contributed by atoms with Gasteiger partial charge in [0.1, 0.15) is 11.7 Å². The lowest BCUT2D eigenvalue weighted by Crippen LogP contribution is -2.63. The third kappa shape index (κ3) is 17.6. The quantitative estimate of drug-likeness (QED) is 0.0907. The average Bonchev–Trinajstić information content (AvgIpc) is 3.18. The summed E-state index contributed by atoms with van der Waals surface area (Å²) in [5.41, 5.74) is -8.42. The normalized spacial score (nSPS) is 27.4. The Morgan fingerprint density at radius 3 is 1.11 bits per heavy atom. The second kappa shape index (κ2) is 27.2. The molecule has 8 rings (SSSR count). The summed E-state index contributed by atoms with van der Waals surface area (Å²) in [5.74, 6) is -0.553. The van der Waals surface area contributed by atoms with Crippen LogP contribution in [0.2, 0.25) is 0 Å². The highest BCUT2D eigenvalue weighted by molar-refractivity contribution is 5.79. The van der Waals surface area contributed by atoms with Crippen molar-refractivity contribution in [3.05, 3.63) is 0 Å². The minimum atomic E-state index is -5.95. The van der Waals surface area contributed by atoms with Crippen LogP contribution in [0, 0.1) is 63.1 Å². The number of rotatable bonds is 15. The second-order valence-electron chi connectivity index (χ2n) is 24.1. The van der Waals surface area contributed by atoms with E-state index in [1.807, 2.05) is 13.8 Å². The first-order chi connectivity index (χ1) is 30.9. The Balaban J connectivity index is -0.00000112. The second-order valence-corrected chi connectivity index (χ2v) is 24.1. The van der Waals surface area contributed by atoms with Crippen LogP contribution >= 0.6 is 0 Å². The van der Waals surface area contributed by atoms with Crippen LogP contribution in [-0.2, 0) is 38.1 Å². The Labute approximate surface area is 442 Å². The van der Waals surface area contributed by atoms with E-state index in [2.05, 4.69) is 16.4 Å². The molecule has 8 aliphatic rings. The van der Waals surface area contributed by atoms with E-state index in [9.17, 15) is 58.7 Å². The molecular weight excluding hydrogens is 984 g/mol. The zero-order chi connectivity index (χ0) is 51.9. The summed E-state index contributed by atoms with van der Waals surface area (Å²) in [6.07, 6.45) is -9.57. The number of hydrogen-bond donors (Lipinski definition) is 0. The number of carbonyl (C=O) groups excluding carboxylic acids is 4. The van der Waals surface area contributed by atoms with Gasteiger partial charge in [0.25, 0.3) is 0 Å². The van der Waals surface area contributed by atoms with Gasteiger partial charge in [0.05, 0.1) is 21.7 Å². The van der Waals surface area contributed by atoms with Crippen molar-refractivity contribution in [1.82, 2.24) is 0 Å². The maximum Gasteiger partial charge on any atom is 0.437 e. The molecule has 0 N–H and O–H groups in total. The van der Waals surface area contributed by atoms with Gasteiger partial charge in [-0.3, -0.25) is 19.2 Å². The molecule has 0 aromatic rings. The molecule has 8 saturated carbocycles. The molecule has 8 nitrogen and oxygen atoms in total. The first kappa shape index (κ1) is 75.5. The van der Waals surface area contributed by atoms with E-state index in [1.165, 1.54) is 33.1 Å². The largest absolute Gasteiger partial charge is 0.462 e. The van der Waals surface area contributed by atoms with Crippen molar-refractivity contribution in [2.75, 3.05) is 0 Å². The number of halogens is 9. The molecule has 0 amide bonds. The van der Waals surface area contributed by atoms with Crippen molar-refractivity contribution in [3.8, 4) is 0 Å². The number of hydrogen-bond acceptors (Lipinski definition) is 8. The van der Waals surface area contributed by atoms with Crippen LogP contribution in [0.5, 0.6) is 0 Å². The van der Waals surface area contributed by atoms with Gasteiger partial charge in [-0.2, -0.15) is 39.5 Å². The molecular formula is C57H103F9O8. The van der Waals surface area contributed by atoms with Gasteiger partial charge in [-0.15, -0.1) is 0 Å². The topological polar surface area (TPSA) is 105 Å². The van der Waals surface area contributed by atoms with Gasteiger partial charge >= 0.3 is 48.0 Å². The number of esters is 4. The van der Waals surface area contributed by atoms with Gasteiger partial charge in [-0.25, -0.2) is 0 Å². The SMILES string of the molecule is C.C.C.C.C.C.CCC(C)(C)C(=O)OC(C)C(F)(F)F.CCC(C)(C)C(=O)OC(CC(C)C)CC(OC(=O)C12CC3CC(CC(C3)C1)C2)(C(F)(F)F)C(F)(F)F.CCC(C)(C)C(=O)OC12CC3CC(CC(C3)C1)C2. The smallest absolute Gasteiger partial charge is 0.437 e. The third-order valence-electron chi connectivity index (χ3n) is 16.5. The molecule has 2 atom stereocenters. The lowest BCUT2D eigenvalue weighted by Gasteiger charge is -2.56. The van der Waals surface area contributed by atoms with E-state index in [1.54, 1.807) is 41.5 Å². The zero-order valence-corrected chi connectivity index (χ0v) is 42.4. The summed E-state index contributed by atoms with van der Waals surface area (Å²) >= 11 is 0. The van der Waals surface area contributed by atoms with Crippen molar-refractivity contribution in [3.63, 3.8) is 0 Å². The summed E-state index contributed by atoms with van der Waals surface area (Å²) in [4.78, 5) is 49.5. The molecule has 0 aromatic heterocycles. The van der Waals surface area contributed by atoms with Crippen LogP contribution in [0.3, 0.4) is 0 Å². The Morgan fingerprint density at radius 1 is 0.500 bits per heavy atom. The fourth-order valence-electron chi connectivity index (χ4n) is 11.8.